The minimum absolute atomic E-state index is 0.357. The molecule has 1 unspecified atom stereocenters. The van der Waals surface area contributed by atoms with E-state index in [-0.39, 0.29) is 0 Å². The highest BCUT2D eigenvalue weighted by Crippen LogP contribution is 2.30. The van der Waals surface area contributed by atoms with Crippen LogP contribution in [0.25, 0.3) is 22.2 Å². The molecule has 0 bridgehead atoms. The molecule has 0 aliphatic rings. The van der Waals surface area contributed by atoms with Crippen LogP contribution in [0.5, 0.6) is 0 Å². The number of benzene rings is 2. The molecule has 1 aromatic heterocycles. The zero-order valence-corrected chi connectivity index (χ0v) is 15.5. The minimum atomic E-state index is -1.35. The van der Waals surface area contributed by atoms with Gasteiger partial charge in [0.2, 0.25) is 5.91 Å². The number of carbonyl (C=O) groups is 1. The van der Waals surface area contributed by atoms with Crippen molar-refractivity contribution in [2.75, 3.05) is 0 Å². The maximum absolute atomic E-state index is 12.2. The number of hydrogen-bond acceptors (Lipinski definition) is 5. The first-order valence-electron chi connectivity index (χ1n) is 8.02. The molecule has 26 heavy (non-hydrogen) atoms. The van der Waals surface area contributed by atoms with Crippen LogP contribution in [0.4, 0.5) is 0 Å². The molecule has 0 fully saturated rings. The van der Waals surface area contributed by atoms with Crippen molar-refractivity contribution in [3.63, 3.8) is 0 Å². The van der Waals surface area contributed by atoms with Crippen LogP contribution in [0.2, 0.25) is 0 Å². The molecule has 0 radical (unpaired) electrons. The van der Waals surface area contributed by atoms with E-state index in [0.717, 1.165) is 16.5 Å². The smallest absolute Gasteiger partial charge is 0.248 e. The van der Waals surface area contributed by atoms with Gasteiger partial charge in [-0.2, -0.15) is 0 Å². The number of nitrogens with zero attached hydrogens (tertiary/aromatic N) is 2. The van der Waals surface area contributed by atoms with Crippen LogP contribution in [0.15, 0.2) is 51.4 Å². The van der Waals surface area contributed by atoms with Gasteiger partial charge in [-0.15, -0.1) is 0 Å². The Kier molecular flexibility index (Phi) is 4.84. The highest BCUT2D eigenvalue weighted by Gasteiger charge is 2.26. The van der Waals surface area contributed by atoms with Gasteiger partial charge in [0, 0.05) is 22.1 Å². The van der Waals surface area contributed by atoms with Crippen LogP contribution in [0, 0.1) is 0 Å². The third-order valence-corrected chi connectivity index (χ3v) is 5.13. The molecule has 1 heterocycles. The van der Waals surface area contributed by atoms with E-state index in [1.807, 2.05) is 45.0 Å². The molecule has 0 aliphatic heterocycles. The summed E-state index contributed by atoms with van der Waals surface area (Å²) in [7, 11) is 0. The molecule has 1 atom stereocenters. The standard InChI is InChI=1S/C19H19N3O3S/c1-19(2,3)26(24)21-11-13-6-4-5-7-14(13)17-15-9-8-12(18(20)23)10-16(15)25-22-17/h4-11H,1-3H3,(H2,20,23). The number of rotatable bonds is 4. The van der Waals surface area contributed by atoms with Crippen LogP contribution >= 0.6 is 0 Å². The lowest BCUT2D eigenvalue weighted by atomic mass is 10.0. The lowest BCUT2D eigenvalue weighted by molar-refractivity contribution is 0.100. The van der Waals surface area contributed by atoms with Crippen molar-refractivity contribution >= 4 is 34.5 Å². The number of hydrogen-bond donors (Lipinski definition) is 1. The first-order valence-corrected chi connectivity index (χ1v) is 9.13. The van der Waals surface area contributed by atoms with Crippen molar-refractivity contribution in [1.29, 1.82) is 0 Å². The largest absolute Gasteiger partial charge is 0.591 e. The Morgan fingerprint density at radius 2 is 2.00 bits per heavy atom. The van der Waals surface area contributed by atoms with Crippen molar-refractivity contribution < 1.29 is 13.9 Å². The highest BCUT2D eigenvalue weighted by atomic mass is 32.2. The molecule has 3 rings (SSSR count). The Balaban J connectivity index is 2.04. The number of carbonyl (C=O) groups excluding carboxylic acids is 1. The first kappa shape index (κ1) is 18.2. The summed E-state index contributed by atoms with van der Waals surface area (Å²) in [6.45, 7) is 5.61. The van der Waals surface area contributed by atoms with Gasteiger partial charge in [-0.1, -0.05) is 33.8 Å². The molecule has 1 amide bonds. The van der Waals surface area contributed by atoms with E-state index < -0.39 is 22.0 Å². The second kappa shape index (κ2) is 6.93. The van der Waals surface area contributed by atoms with Gasteiger partial charge >= 0.3 is 0 Å². The Hall–Kier alpha value is -2.64. The molecule has 134 valence electrons. The number of amides is 1. The molecule has 2 N–H and O–H groups in total. The maximum Gasteiger partial charge on any atom is 0.248 e. The lowest BCUT2D eigenvalue weighted by Crippen LogP contribution is -2.25. The van der Waals surface area contributed by atoms with Gasteiger partial charge in [-0.3, -0.25) is 4.79 Å². The summed E-state index contributed by atoms with van der Waals surface area (Å²) >= 11 is -1.35. The molecule has 0 spiro atoms. The highest BCUT2D eigenvalue weighted by molar-refractivity contribution is 7.91. The quantitative estimate of drug-likeness (QED) is 0.561. The van der Waals surface area contributed by atoms with E-state index >= 15 is 0 Å². The van der Waals surface area contributed by atoms with Crippen molar-refractivity contribution in [3.05, 3.63) is 53.6 Å². The van der Waals surface area contributed by atoms with Crippen LogP contribution < -0.4 is 5.73 Å². The topological polar surface area (TPSA) is 105 Å². The Labute approximate surface area is 154 Å². The van der Waals surface area contributed by atoms with E-state index in [2.05, 4.69) is 9.55 Å². The summed E-state index contributed by atoms with van der Waals surface area (Å²) in [6.07, 6.45) is 1.59. The van der Waals surface area contributed by atoms with Gasteiger partial charge in [0.25, 0.3) is 0 Å². The second-order valence-corrected chi connectivity index (χ2v) is 8.72. The molecular weight excluding hydrogens is 350 g/mol. The first-order chi connectivity index (χ1) is 12.3. The average molecular weight is 369 g/mol. The monoisotopic (exact) mass is 369 g/mol. The number of primary amides is 1. The second-order valence-electron chi connectivity index (χ2n) is 6.79. The molecular formula is C19H19N3O3S. The number of fused-ring (bicyclic) bond motifs is 1. The summed E-state index contributed by atoms with van der Waals surface area (Å²) in [5.41, 5.74) is 8.33. The fourth-order valence-electron chi connectivity index (χ4n) is 2.37. The van der Waals surface area contributed by atoms with Crippen LogP contribution in [-0.2, 0) is 11.4 Å². The van der Waals surface area contributed by atoms with Crippen molar-refractivity contribution in [1.82, 2.24) is 5.16 Å². The Morgan fingerprint density at radius 3 is 2.69 bits per heavy atom. The molecule has 0 saturated carbocycles. The van der Waals surface area contributed by atoms with Gasteiger partial charge in [0.15, 0.2) is 5.58 Å². The minimum Gasteiger partial charge on any atom is -0.591 e. The summed E-state index contributed by atoms with van der Waals surface area (Å²) in [6, 6.07) is 12.5. The lowest BCUT2D eigenvalue weighted by Gasteiger charge is -2.17. The van der Waals surface area contributed by atoms with Gasteiger partial charge < -0.3 is 14.8 Å². The van der Waals surface area contributed by atoms with Crippen LogP contribution in [0.3, 0.4) is 0 Å². The van der Waals surface area contributed by atoms with E-state index in [9.17, 15) is 9.35 Å². The van der Waals surface area contributed by atoms with Crippen LogP contribution in [-0.4, -0.2) is 26.6 Å². The van der Waals surface area contributed by atoms with E-state index in [0.29, 0.717) is 16.8 Å². The fourth-order valence-corrected chi connectivity index (χ4v) is 2.90. The Bertz CT molecular complexity index is 989. The van der Waals surface area contributed by atoms with Gasteiger partial charge in [0.1, 0.15) is 21.8 Å². The zero-order valence-electron chi connectivity index (χ0n) is 14.7. The fraction of sp³-hybridized carbons (Fsp3) is 0.211. The van der Waals surface area contributed by atoms with Gasteiger partial charge in [0.05, 0.1) is 6.21 Å². The predicted molar refractivity (Wildman–Crippen MR) is 103 cm³/mol. The number of nitrogens with two attached hydrogens (primary N) is 1. The maximum atomic E-state index is 12.2. The van der Waals surface area contributed by atoms with Gasteiger partial charge in [-0.25, -0.2) is 0 Å². The molecule has 3 aromatic rings. The van der Waals surface area contributed by atoms with Crippen LogP contribution in [0.1, 0.15) is 36.7 Å². The third kappa shape index (κ3) is 3.63. The summed E-state index contributed by atoms with van der Waals surface area (Å²) in [4.78, 5) is 11.3. The summed E-state index contributed by atoms with van der Waals surface area (Å²) < 4.78 is 21.3. The Morgan fingerprint density at radius 1 is 1.27 bits per heavy atom. The zero-order chi connectivity index (χ0) is 18.9. The van der Waals surface area contributed by atoms with E-state index in [1.54, 1.807) is 24.4 Å². The van der Waals surface area contributed by atoms with Gasteiger partial charge in [-0.05, 0) is 39.0 Å². The van der Waals surface area contributed by atoms with Crippen molar-refractivity contribution in [2.24, 2.45) is 10.1 Å². The molecule has 7 heteroatoms. The van der Waals surface area contributed by atoms with Crippen molar-refractivity contribution in [2.45, 2.75) is 25.5 Å². The predicted octanol–water partition coefficient (Wildman–Crippen LogP) is 3.47. The SMILES string of the molecule is CC(C)(C)[S+]([O-])N=Cc1ccccc1-c1noc2cc(C(N)=O)ccc12. The molecule has 2 aromatic carbocycles. The summed E-state index contributed by atoms with van der Waals surface area (Å²) in [5, 5.41) is 4.90. The van der Waals surface area contributed by atoms with E-state index in [4.69, 9.17) is 10.3 Å². The van der Waals surface area contributed by atoms with E-state index in [1.165, 1.54) is 0 Å². The summed E-state index contributed by atoms with van der Waals surface area (Å²) in [5.74, 6) is -0.526. The molecule has 6 nitrogen and oxygen atoms in total. The molecule has 0 saturated heterocycles. The normalized spacial score (nSPS) is 13.4. The average Bonchev–Trinajstić information content (AvgIpc) is 3.02. The molecule has 0 aliphatic carbocycles. The number of aromatic nitrogens is 1. The third-order valence-electron chi connectivity index (χ3n) is 3.78. The van der Waals surface area contributed by atoms with Crippen molar-refractivity contribution in [3.8, 4) is 11.3 Å².